The molecule has 0 radical (unpaired) electrons. The molecule has 0 amide bonds. The molecule has 0 saturated heterocycles. The Balaban J connectivity index is 2.17. The van der Waals surface area contributed by atoms with Crippen molar-refractivity contribution in [2.24, 2.45) is 17.8 Å². The van der Waals surface area contributed by atoms with Crippen molar-refractivity contribution < 1.29 is 14.6 Å². The highest BCUT2D eigenvalue weighted by Crippen LogP contribution is 2.48. The fraction of sp³-hybridized carbons (Fsp3) is 0.923. The number of fused-ring (bicyclic) bond motifs is 1. The molecule has 2 aliphatic carbocycles. The molecule has 0 aromatic carbocycles. The van der Waals surface area contributed by atoms with Gasteiger partial charge in [-0.25, -0.2) is 0 Å². The molecule has 0 bridgehead atoms. The Morgan fingerprint density at radius 1 is 1.31 bits per heavy atom. The molecule has 3 nitrogen and oxygen atoms in total. The van der Waals surface area contributed by atoms with E-state index in [9.17, 15) is 9.90 Å². The number of aliphatic hydroxyl groups is 1. The van der Waals surface area contributed by atoms with Crippen molar-refractivity contribution >= 4 is 5.97 Å². The van der Waals surface area contributed by atoms with Crippen LogP contribution in [0.15, 0.2) is 0 Å². The standard InChI is InChI=1S/C13H22O3/c1-13(15)8-7-10(12(14)16-2)9-5-3-4-6-11(9)13/h9-11,15H,3-8H2,1-2H3/t9-,10+,11+,13+/m0/s1. The third-order valence-electron chi connectivity index (χ3n) is 4.60. The second-order valence-corrected chi connectivity index (χ2v) is 5.58. The Labute approximate surface area is 97.2 Å². The summed E-state index contributed by atoms with van der Waals surface area (Å²) in [6.07, 6.45) is 6.01. The Morgan fingerprint density at radius 3 is 2.69 bits per heavy atom. The van der Waals surface area contributed by atoms with Crippen LogP contribution in [0.5, 0.6) is 0 Å². The highest BCUT2D eigenvalue weighted by Gasteiger charge is 2.48. The van der Waals surface area contributed by atoms with Crippen LogP contribution in [0.2, 0.25) is 0 Å². The van der Waals surface area contributed by atoms with E-state index in [1.54, 1.807) is 0 Å². The fourth-order valence-corrected chi connectivity index (χ4v) is 3.70. The number of hydrogen-bond acceptors (Lipinski definition) is 3. The quantitative estimate of drug-likeness (QED) is 0.697. The largest absolute Gasteiger partial charge is 0.469 e. The average molecular weight is 226 g/mol. The number of rotatable bonds is 1. The predicted octanol–water partition coefficient (Wildman–Crippen LogP) is 2.13. The molecular formula is C13H22O3. The molecule has 2 saturated carbocycles. The highest BCUT2D eigenvalue weighted by atomic mass is 16.5. The lowest BCUT2D eigenvalue weighted by Gasteiger charge is -2.48. The first-order chi connectivity index (χ1) is 7.56. The number of carbonyl (C=O) groups is 1. The second-order valence-electron chi connectivity index (χ2n) is 5.58. The number of esters is 1. The van der Waals surface area contributed by atoms with Crippen molar-refractivity contribution in [1.29, 1.82) is 0 Å². The predicted molar refractivity (Wildman–Crippen MR) is 60.8 cm³/mol. The lowest BCUT2D eigenvalue weighted by Crippen LogP contribution is -2.49. The molecule has 0 aliphatic heterocycles. The molecule has 2 rings (SSSR count). The van der Waals surface area contributed by atoms with E-state index in [0.717, 1.165) is 25.7 Å². The first-order valence-electron chi connectivity index (χ1n) is 6.36. The average Bonchev–Trinajstić information content (AvgIpc) is 2.28. The molecule has 16 heavy (non-hydrogen) atoms. The van der Waals surface area contributed by atoms with Gasteiger partial charge in [0.2, 0.25) is 0 Å². The summed E-state index contributed by atoms with van der Waals surface area (Å²) < 4.78 is 4.89. The lowest BCUT2D eigenvalue weighted by molar-refractivity contribution is -0.159. The summed E-state index contributed by atoms with van der Waals surface area (Å²) in [4.78, 5) is 11.7. The van der Waals surface area contributed by atoms with Gasteiger partial charge >= 0.3 is 5.97 Å². The molecule has 0 heterocycles. The Hall–Kier alpha value is -0.570. The third-order valence-corrected chi connectivity index (χ3v) is 4.60. The van der Waals surface area contributed by atoms with Crippen molar-refractivity contribution in [3.8, 4) is 0 Å². The molecule has 1 N–H and O–H groups in total. The molecule has 2 aliphatic rings. The minimum Gasteiger partial charge on any atom is -0.469 e. The summed E-state index contributed by atoms with van der Waals surface area (Å²) in [5.41, 5.74) is -0.574. The van der Waals surface area contributed by atoms with Gasteiger partial charge in [-0.15, -0.1) is 0 Å². The summed E-state index contributed by atoms with van der Waals surface area (Å²) in [6, 6.07) is 0. The van der Waals surface area contributed by atoms with Gasteiger partial charge in [-0.1, -0.05) is 12.8 Å². The van der Waals surface area contributed by atoms with Crippen molar-refractivity contribution in [3.63, 3.8) is 0 Å². The Bertz CT molecular complexity index is 272. The minimum atomic E-state index is -0.574. The van der Waals surface area contributed by atoms with E-state index in [1.807, 2.05) is 6.92 Å². The van der Waals surface area contributed by atoms with Gasteiger partial charge in [0.05, 0.1) is 18.6 Å². The number of carbonyl (C=O) groups excluding carboxylic acids is 1. The zero-order valence-electron chi connectivity index (χ0n) is 10.2. The molecule has 0 aromatic rings. The van der Waals surface area contributed by atoms with E-state index in [0.29, 0.717) is 11.8 Å². The molecule has 2 fully saturated rings. The highest BCUT2D eigenvalue weighted by molar-refractivity contribution is 5.72. The summed E-state index contributed by atoms with van der Waals surface area (Å²) in [7, 11) is 1.47. The zero-order valence-corrected chi connectivity index (χ0v) is 10.2. The minimum absolute atomic E-state index is 0.0236. The third kappa shape index (κ3) is 1.97. The van der Waals surface area contributed by atoms with Crippen LogP contribution in [0, 0.1) is 17.8 Å². The van der Waals surface area contributed by atoms with Crippen molar-refractivity contribution in [2.75, 3.05) is 7.11 Å². The normalized spacial score (nSPS) is 43.6. The number of ether oxygens (including phenoxy) is 1. The van der Waals surface area contributed by atoms with Crippen LogP contribution in [0.25, 0.3) is 0 Å². The maximum atomic E-state index is 11.7. The van der Waals surface area contributed by atoms with E-state index in [2.05, 4.69) is 0 Å². The smallest absolute Gasteiger partial charge is 0.308 e. The van der Waals surface area contributed by atoms with Crippen LogP contribution >= 0.6 is 0 Å². The van der Waals surface area contributed by atoms with Crippen LogP contribution in [-0.2, 0) is 9.53 Å². The molecule has 4 atom stereocenters. The first-order valence-corrected chi connectivity index (χ1v) is 6.36. The van der Waals surface area contributed by atoms with Gasteiger partial charge in [0.15, 0.2) is 0 Å². The Kier molecular flexibility index (Phi) is 3.24. The summed E-state index contributed by atoms with van der Waals surface area (Å²) in [5.74, 6) is 0.576. The number of methoxy groups -OCH3 is 1. The van der Waals surface area contributed by atoms with Crippen LogP contribution < -0.4 is 0 Å². The van der Waals surface area contributed by atoms with E-state index < -0.39 is 5.60 Å². The van der Waals surface area contributed by atoms with Crippen LogP contribution in [0.1, 0.15) is 45.4 Å². The van der Waals surface area contributed by atoms with Gasteiger partial charge in [0.25, 0.3) is 0 Å². The van der Waals surface area contributed by atoms with E-state index in [-0.39, 0.29) is 11.9 Å². The van der Waals surface area contributed by atoms with Crippen LogP contribution in [0.4, 0.5) is 0 Å². The molecular weight excluding hydrogens is 204 g/mol. The summed E-state index contributed by atoms with van der Waals surface area (Å²) in [5, 5.41) is 10.4. The van der Waals surface area contributed by atoms with E-state index in [4.69, 9.17) is 4.74 Å². The van der Waals surface area contributed by atoms with Gasteiger partial charge < -0.3 is 9.84 Å². The summed E-state index contributed by atoms with van der Waals surface area (Å²) in [6.45, 7) is 1.93. The van der Waals surface area contributed by atoms with Gasteiger partial charge in [-0.05, 0) is 44.4 Å². The van der Waals surface area contributed by atoms with Crippen LogP contribution in [0.3, 0.4) is 0 Å². The monoisotopic (exact) mass is 226 g/mol. The molecule has 0 spiro atoms. The SMILES string of the molecule is COC(=O)[C@@H]1CC[C@@](C)(O)[C@@H]2CCCC[C@H]21. The molecule has 92 valence electrons. The first kappa shape index (κ1) is 11.9. The Morgan fingerprint density at radius 2 is 2.00 bits per heavy atom. The molecule has 3 heteroatoms. The van der Waals surface area contributed by atoms with Gasteiger partial charge in [0.1, 0.15) is 0 Å². The summed E-state index contributed by atoms with van der Waals surface area (Å²) >= 11 is 0. The van der Waals surface area contributed by atoms with Gasteiger partial charge in [-0.2, -0.15) is 0 Å². The fourth-order valence-electron chi connectivity index (χ4n) is 3.70. The van der Waals surface area contributed by atoms with Gasteiger partial charge in [0, 0.05) is 0 Å². The molecule has 0 unspecified atom stereocenters. The van der Waals surface area contributed by atoms with Crippen molar-refractivity contribution in [1.82, 2.24) is 0 Å². The maximum absolute atomic E-state index is 11.7. The van der Waals surface area contributed by atoms with Gasteiger partial charge in [-0.3, -0.25) is 4.79 Å². The second kappa shape index (κ2) is 4.36. The topological polar surface area (TPSA) is 46.5 Å². The van der Waals surface area contributed by atoms with E-state index in [1.165, 1.54) is 20.0 Å². The van der Waals surface area contributed by atoms with Crippen molar-refractivity contribution in [3.05, 3.63) is 0 Å². The lowest BCUT2D eigenvalue weighted by atomic mass is 9.59. The molecule has 0 aromatic heterocycles. The van der Waals surface area contributed by atoms with E-state index >= 15 is 0 Å². The number of hydrogen-bond donors (Lipinski definition) is 1. The van der Waals surface area contributed by atoms with Crippen LogP contribution in [-0.4, -0.2) is 23.8 Å². The zero-order chi connectivity index (χ0) is 11.8. The maximum Gasteiger partial charge on any atom is 0.308 e. The van der Waals surface area contributed by atoms with Crippen molar-refractivity contribution in [2.45, 2.75) is 51.0 Å².